The molecule has 0 radical (unpaired) electrons. The molecule has 59 heavy (non-hydrogen) atoms. The number of nitrogens with zero attached hydrogens (tertiary/aromatic N) is 4. The molecule has 6 aliphatic carbocycles. The van der Waals surface area contributed by atoms with Gasteiger partial charge in [0.15, 0.2) is 9.84 Å². The van der Waals surface area contributed by atoms with Crippen LogP contribution < -0.4 is 10.1 Å². The Hall–Kier alpha value is -3.03. The van der Waals surface area contributed by atoms with Gasteiger partial charge in [0.2, 0.25) is 5.88 Å². The lowest BCUT2D eigenvalue weighted by atomic mass is 9.29. The Morgan fingerprint density at radius 2 is 1.83 bits per heavy atom. The number of carboxylic acid groups (broad SMARTS) is 1. The van der Waals surface area contributed by atoms with E-state index in [4.69, 9.17) is 11.2 Å². The predicted octanol–water partition coefficient (Wildman–Crippen LogP) is 7.87. The third-order valence-corrected chi connectivity index (χ3v) is 20.5. The molecule has 10 atom stereocenters. The number of fused-ring (bicyclic) bond motifs is 7. The molecule has 1 aromatic rings. The van der Waals surface area contributed by atoms with E-state index < -0.39 is 32.1 Å². The van der Waals surface area contributed by atoms with E-state index in [0.717, 1.165) is 82.6 Å². The number of carboxylic acids is 1. The van der Waals surface area contributed by atoms with Gasteiger partial charge in [-0.3, -0.25) is 4.79 Å². The Balaban J connectivity index is 1.07. The molecule has 2 heterocycles. The molecular weight excluding hydrogens is 779 g/mol. The summed E-state index contributed by atoms with van der Waals surface area (Å²) in [5.41, 5.74) is 0.738. The van der Waals surface area contributed by atoms with Gasteiger partial charge in [0.25, 0.3) is 0 Å². The molecule has 320 valence electrons. The highest BCUT2D eigenvalue weighted by molar-refractivity contribution is 7.91. The summed E-state index contributed by atoms with van der Waals surface area (Å²) in [5.74, 6) is 5.02. The Morgan fingerprint density at radius 1 is 1.07 bits per heavy atom. The van der Waals surface area contributed by atoms with Gasteiger partial charge < -0.3 is 20.1 Å². The summed E-state index contributed by atoms with van der Waals surface area (Å²) in [6, 6.07) is 3.06. The topological polar surface area (TPSA) is 146 Å². The highest BCUT2D eigenvalue weighted by Crippen LogP contribution is 2.79. The van der Waals surface area contributed by atoms with Crippen LogP contribution in [0.2, 0.25) is 0 Å². The van der Waals surface area contributed by atoms with Crippen molar-refractivity contribution in [3.8, 4) is 24.3 Å². The van der Waals surface area contributed by atoms with Crippen LogP contribution in [0.4, 0.5) is 0 Å². The molecule has 2 N–H and O–H groups in total. The molecule has 0 aromatic carbocycles. The van der Waals surface area contributed by atoms with Gasteiger partial charge >= 0.3 is 5.97 Å². The van der Waals surface area contributed by atoms with Crippen molar-refractivity contribution in [1.82, 2.24) is 19.0 Å². The average molecular weight is 844 g/mol. The SMILES string of the molecule is C#C[C@@]12CC[C@@]3(NCCN4CCS(=O)(=O)CC4)CC[C@@H](C(=C)C)C3[C@H]1CCC1[C@@]3(C)CC=C(C4=CCC(COc5cnsn5)(C(=O)O)CC4)C(C)(C)C3(C#N)CC[C@]12C. The van der Waals surface area contributed by atoms with Crippen molar-refractivity contribution in [2.75, 3.05) is 44.3 Å². The van der Waals surface area contributed by atoms with E-state index in [-0.39, 0.29) is 45.8 Å². The summed E-state index contributed by atoms with van der Waals surface area (Å²) >= 11 is 1.04. The number of carbonyl (C=O) groups is 1. The molecule has 4 saturated carbocycles. The van der Waals surface area contributed by atoms with E-state index in [1.807, 2.05) is 0 Å². The van der Waals surface area contributed by atoms with Gasteiger partial charge in [0.1, 0.15) is 18.2 Å². The second-order valence-corrected chi connectivity index (χ2v) is 23.7. The third kappa shape index (κ3) is 6.26. The fourth-order valence-electron chi connectivity index (χ4n) is 15.2. The number of hydrogen-bond acceptors (Lipinski definition) is 10. The molecule has 4 unspecified atom stereocenters. The summed E-state index contributed by atoms with van der Waals surface area (Å²) in [7, 11) is -2.92. The number of sulfone groups is 1. The highest BCUT2D eigenvalue weighted by atomic mass is 32.2. The molecule has 12 heteroatoms. The van der Waals surface area contributed by atoms with E-state index >= 15 is 0 Å². The number of rotatable bonds is 10. The zero-order chi connectivity index (χ0) is 42.3. The van der Waals surface area contributed by atoms with Crippen LogP contribution >= 0.6 is 11.7 Å². The molecule has 1 aromatic heterocycles. The Bertz CT molecular complexity index is 2110. The third-order valence-electron chi connectivity index (χ3n) is 18.5. The van der Waals surface area contributed by atoms with Gasteiger partial charge in [0.05, 0.1) is 34.7 Å². The van der Waals surface area contributed by atoms with Gasteiger partial charge in [-0.15, -0.1) is 10.8 Å². The fourth-order valence-corrected chi connectivity index (χ4v) is 16.8. The van der Waals surface area contributed by atoms with Crippen molar-refractivity contribution in [2.45, 2.75) is 117 Å². The molecule has 1 aliphatic heterocycles. The van der Waals surface area contributed by atoms with Crippen molar-refractivity contribution in [3.05, 3.63) is 41.6 Å². The van der Waals surface area contributed by atoms with Crippen LogP contribution in [0.3, 0.4) is 0 Å². The van der Waals surface area contributed by atoms with Crippen molar-refractivity contribution in [1.29, 1.82) is 5.26 Å². The summed E-state index contributed by atoms with van der Waals surface area (Å²) in [4.78, 5) is 15.0. The van der Waals surface area contributed by atoms with E-state index in [0.29, 0.717) is 56.0 Å². The average Bonchev–Trinajstić information content (AvgIpc) is 3.87. The van der Waals surface area contributed by atoms with Crippen LogP contribution in [0, 0.1) is 79.8 Å². The predicted molar refractivity (Wildman–Crippen MR) is 231 cm³/mol. The standard InChI is InChI=1S/C47H65N5O5S2/c1-8-45-20-21-46(49-23-24-52-25-27-59(55,56)28-26-52)18-13-34(32(2)3)39(46)36(45)9-10-37-42(45,6)19-22-47(30-48)41(4,5)35(14-15-43(37,47)7)33-11-16-44(17-12-33,40(53)54)31-57-38-29-50-58-51-38/h1,11,14,29,34,36-37,39,49H,2,9-10,12-13,15-28,31H2,3-7H3,(H,53,54)/t34-,36+,37?,39?,42+,43+,44?,45+,46-,47?/m0/s1. The smallest absolute Gasteiger partial charge is 0.313 e. The minimum atomic E-state index is -2.92. The summed E-state index contributed by atoms with van der Waals surface area (Å²) < 4.78 is 38.1. The highest BCUT2D eigenvalue weighted by Gasteiger charge is 2.75. The summed E-state index contributed by atoms with van der Waals surface area (Å²) in [6.07, 6.45) is 23.2. The van der Waals surface area contributed by atoms with Crippen molar-refractivity contribution >= 4 is 27.5 Å². The lowest BCUT2D eigenvalue weighted by molar-refractivity contribution is -0.223. The van der Waals surface area contributed by atoms with Crippen molar-refractivity contribution < 1.29 is 23.1 Å². The van der Waals surface area contributed by atoms with Crippen LogP contribution in [0.1, 0.15) is 112 Å². The van der Waals surface area contributed by atoms with E-state index in [2.05, 4.69) is 84.3 Å². The van der Waals surface area contributed by atoms with Crippen LogP contribution in [0.5, 0.6) is 5.88 Å². The van der Waals surface area contributed by atoms with Crippen molar-refractivity contribution in [3.63, 3.8) is 0 Å². The molecule has 0 bridgehead atoms. The molecule has 7 aliphatic rings. The number of nitrogens with one attached hydrogen (secondary N) is 1. The minimum absolute atomic E-state index is 0.0186. The van der Waals surface area contributed by atoms with E-state index in [9.17, 15) is 23.6 Å². The normalized spacial score (nSPS) is 42.3. The first kappa shape index (κ1) is 42.7. The van der Waals surface area contributed by atoms with Gasteiger partial charge in [-0.2, -0.15) is 9.64 Å². The Kier molecular flexibility index (Phi) is 10.7. The number of allylic oxidation sites excluding steroid dienone is 5. The first-order valence-electron chi connectivity index (χ1n) is 22.1. The first-order chi connectivity index (χ1) is 27.9. The number of nitriles is 1. The number of hydrogen-bond donors (Lipinski definition) is 2. The fraction of sp³-hybridized carbons (Fsp3) is 0.745. The minimum Gasteiger partial charge on any atom is -0.481 e. The Morgan fingerprint density at radius 3 is 2.46 bits per heavy atom. The zero-order valence-corrected chi connectivity index (χ0v) is 37.6. The maximum atomic E-state index is 12.7. The van der Waals surface area contributed by atoms with Crippen LogP contribution in [0.15, 0.2) is 41.6 Å². The molecule has 10 nitrogen and oxygen atoms in total. The quantitative estimate of drug-likeness (QED) is 0.176. The largest absolute Gasteiger partial charge is 0.481 e. The first-order valence-corrected chi connectivity index (χ1v) is 24.7. The van der Waals surface area contributed by atoms with Gasteiger partial charge in [-0.25, -0.2) is 8.42 Å². The zero-order valence-electron chi connectivity index (χ0n) is 35.9. The number of aromatic nitrogens is 2. The number of aliphatic carboxylic acids is 1. The summed E-state index contributed by atoms with van der Waals surface area (Å²) in [6.45, 7) is 19.2. The lowest BCUT2D eigenvalue weighted by Gasteiger charge is -2.73. The lowest BCUT2D eigenvalue weighted by Crippen LogP contribution is -2.70. The summed E-state index contributed by atoms with van der Waals surface area (Å²) in [5, 5.41) is 26.2. The van der Waals surface area contributed by atoms with E-state index in [1.54, 1.807) is 0 Å². The second-order valence-electron chi connectivity index (χ2n) is 20.8. The molecule has 8 rings (SSSR count). The monoisotopic (exact) mass is 843 g/mol. The van der Waals surface area contributed by atoms with Crippen LogP contribution in [0.25, 0.3) is 0 Å². The van der Waals surface area contributed by atoms with Gasteiger partial charge in [-0.1, -0.05) is 57.9 Å². The molecule has 5 fully saturated rings. The second kappa shape index (κ2) is 14.8. The molecule has 0 spiro atoms. The maximum Gasteiger partial charge on any atom is 0.313 e. The molecular formula is C47H65N5O5S2. The molecule has 0 amide bonds. The van der Waals surface area contributed by atoms with Gasteiger partial charge in [0, 0.05) is 42.5 Å². The van der Waals surface area contributed by atoms with Crippen LogP contribution in [-0.2, 0) is 14.6 Å². The number of ether oxygens (including phenoxy) is 1. The molecule has 1 saturated heterocycles. The Labute approximate surface area is 357 Å². The number of terminal acetylenes is 1. The van der Waals surface area contributed by atoms with Crippen LogP contribution in [-0.4, -0.2) is 83.0 Å². The maximum absolute atomic E-state index is 12.7. The van der Waals surface area contributed by atoms with E-state index in [1.165, 1.54) is 22.9 Å². The van der Waals surface area contributed by atoms with Crippen molar-refractivity contribution in [2.24, 2.45) is 56.2 Å². The van der Waals surface area contributed by atoms with Gasteiger partial charge in [-0.05, 0) is 130 Å².